The number of rotatable bonds is 5. The van der Waals surface area contributed by atoms with Gasteiger partial charge < -0.3 is 14.8 Å². The molecular formula is C14H18N2O3. The molecule has 19 heavy (non-hydrogen) atoms. The van der Waals surface area contributed by atoms with Crippen molar-refractivity contribution in [1.82, 2.24) is 4.98 Å². The van der Waals surface area contributed by atoms with Crippen LogP contribution in [0.5, 0.6) is 0 Å². The molecule has 0 bridgehead atoms. The summed E-state index contributed by atoms with van der Waals surface area (Å²) in [6.45, 7) is 4.05. The van der Waals surface area contributed by atoms with Crippen molar-refractivity contribution in [3.05, 3.63) is 24.1 Å². The van der Waals surface area contributed by atoms with E-state index in [0.29, 0.717) is 24.4 Å². The fraction of sp³-hybridized carbons (Fsp3) is 0.429. The monoisotopic (exact) mass is 262 g/mol. The van der Waals surface area contributed by atoms with Crippen LogP contribution in [0, 0.1) is 0 Å². The molecular weight excluding hydrogens is 244 g/mol. The van der Waals surface area contributed by atoms with Crippen LogP contribution in [0.3, 0.4) is 0 Å². The average Bonchev–Trinajstić information content (AvgIpc) is 2.79. The van der Waals surface area contributed by atoms with E-state index in [1.54, 1.807) is 18.2 Å². The normalized spacial score (nSPS) is 11.2. The third kappa shape index (κ3) is 3.32. The molecule has 0 saturated heterocycles. The smallest absolute Gasteiger partial charge is 0.224 e. The number of fused-ring (bicyclic) bond motifs is 1. The minimum atomic E-state index is -0.110. The van der Waals surface area contributed by atoms with Gasteiger partial charge in [-0.1, -0.05) is 13.8 Å². The summed E-state index contributed by atoms with van der Waals surface area (Å²) in [6.07, 6.45) is 0.778. The van der Waals surface area contributed by atoms with E-state index in [1.807, 2.05) is 13.8 Å². The van der Waals surface area contributed by atoms with E-state index in [4.69, 9.17) is 9.52 Å². The van der Waals surface area contributed by atoms with Gasteiger partial charge in [-0.25, -0.2) is 4.98 Å². The molecule has 5 nitrogen and oxygen atoms in total. The van der Waals surface area contributed by atoms with E-state index in [-0.39, 0.29) is 18.4 Å². The molecule has 0 aliphatic rings. The molecule has 102 valence electrons. The molecule has 2 N–H and O–H groups in total. The van der Waals surface area contributed by atoms with Gasteiger partial charge in [-0.2, -0.15) is 0 Å². The van der Waals surface area contributed by atoms with Crippen LogP contribution < -0.4 is 5.32 Å². The van der Waals surface area contributed by atoms with E-state index in [2.05, 4.69) is 10.3 Å². The highest BCUT2D eigenvalue weighted by molar-refractivity contribution is 5.92. The Hall–Kier alpha value is -1.88. The molecule has 2 rings (SSSR count). The zero-order chi connectivity index (χ0) is 13.8. The van der Waals surface area contributed by atoms with Crippen LogP contribution in [0.15, 0.2) is 22.6 Å². The fourth-order valence-corrected chi connectivity index (χ4v) is 1.73. The standard InChI is InChI=1S/C14H18N2O3/c1-9(2)14-16-11-8-10(5-6-12(11)19-14)15-13(18)4-3-7-17/h5-6,8-9,17H,3-4,7H2,1-2H3,(H,15,18). The van der Waals surface area contributed by atoms with Crippen LogP contribution in [0.25, 0.3) is 11.1 Å². The third-order valence-corrected chi connectivity index (χ3v) is 2.74. The van der Waals surface area contributed by atoms with Gasteiger partial charge in [-0.15, -0.1) is 0 Å². The predicted octanol–water partition coefficient (Wildman–Crippen LogP) is 2.66. The number of benzene rings is 1. The first-order valence-corrected chi connectivity index (χ1v) is 6.41. The quantitative estimate of drug-likeness (QED) is 0.868. The summed E-state index contributed by atoms with van der Waals surface area (Å²) in [4.78, 5) is 15.9. The Morgan fingerprint density at radius 3 is 2.95 bits per heavy atom. The molecule has 0 radical (unpaired) electrons. The molecule has 0 fully saturated rings. The first-order valence-electron chi connectivity index (χ1n) is 6.41. The minimum Gasteiger partial charge on any atom is -0.440 e. The van der Waals surface area contributed by atoms with E-state index >= 15 is 0 Å². The van der Waals surface area contributed by atoms with E-state index < -0.39 is 0 Å². The van der Waals surface area contributed by atoms with Crippen molar-refractivity contribution in [3.63, 3.8) is 0 Å². The van der Waals surface area contributed by atoms with Crippen LogP contribution >= 0.6 is 0 Å². The number of hydrogen-bond donors (Lipinski definition) is 2. The zero-order valence-corrected chi connectivity index (χ0v) is 11.1. The summed E-state index contributed by atoms with van der Waals surface area (Å²) in [7, 11) is 0. The second-order valence-corrected chi connectivity index (χ2v) is 4.76. The van der Waals surface area contributed by atoms with Gasteiger partial charge in [0, 0.05) is 24.6 Å². The number of carbonyl (C=O) groups is 1. The van der Waals surface area contributed by atoms with Gasteiger partial charge >= 0.3 is 0 Å². The lowest BCUT2D eigenvalue weighted by Crippen LogP contribution is -2.11. The van der Waals surface area contributed by atoms with Crippen LogP contribution in [0.4, 0.5) is 5.69 Å². The van der Waals surface area contributed by atoms with Gasteiger partial charge in [0.05, 0.1) is 0 Å². The maximum Gasteiger partial charge on any atom is 0.224 e. The molecule has 1 aromatic heterocycles. The lowest BCUT2D eigenvalue weighted by molar-refractivity contribution is -0.116. The number of nitrogens with one attached hydrogen (secondary N) is 1. The highest BCUT2D eigenvalue weighted by Crippen LogP contribution is 2.23. The minimum absolute atomic E-state index is 0.0213. The number of oxazole rings is 1. The number of anilines is 1. The second kappa shape index (κ2) is 5.84. The van der Waals surface area contributed by atoms with Crippen LogP contribution in [0.2, 0.25) is 0 Å². The first kappa shape index (κ1) is 13.5. The third-order valence-electron chi connectivity index (χ3n) is 2.74. The van der Waals surface area contributed by atoms with Crippen molar-refractivity contribution in [2.45, 2.75) is 32.6 Å². The number of nitrogens with zero attached hydrogens (tertiary/aromatic N) is 1. The SMILES string of the molecule is CC(C)c1nc2cc(NC(=O)CCCO)ccc2o1. The Bertz CT molecular complexity index is 575. The molecule has 0 unspecified atom stereocenters. The van der Waals surface area contributed by atoms with Crippen molar-refractivity contribution in [2.75, 3.05) is 11.9 Å². The number of aromatic nitrogens is 1. The maximum atomic E-state index is 11.6. The molecule has 1 aromatic carbocycles. The van der Waals surface area contributed by atoms with Crippen LogP contribution in [0.1, 0.15) is 38.5 Å². The van der Waals surface area contributed by atoms with Gasteiger partial charge in [0.25, 0.3) is 0 Å². The zero-order valence-electron chi connectivity index (χ0n) is 11.1. The molecule has 0 saturated carbocycles. The summed E-state index contributed by atoms with van der Waals surface area (Å²) in [5.41, 5.74) is 2.15. The van der Waals surface area contributed by atoms with Crippen molar-refractivity contribution in [3.8, 4) is 0 Å². The highest BCUT2D eigenvalue weighted by atomic mass is 16.3. The summed E-state index contributed by atoms with van der Waals surface area (Å²) in [5.74, 6) is 0.815. The molecule has 0 spiro atoms. The number of hydrogen-bond acceptors (Lipinski definition) is 4. The Labute approximate surface area is 111 Å². The molecule has 1 heterocycles. The number of amides is 1. The predicted molar refractivity (Wildman–Crippen MR) is 73.0 cm³/mol. The number of aliphatic hydroxyl groups excluding tert-OH is 1. The second-order valence-electron chi connectivity index (χ2n) is 4.76. The molecule has 0 aliphatic carbocycles. The van der Waals surface area contributed by atoms with Crippen LogP contribution in [-0.4, -0.2) is 22.6 Å². The van der Waals surface area contributed by atoms with Gasteiger partial charge in [-0.3, -0.25) is 4.79 Å². The Morgan fingerprint density at radius 1 is 1.47 bits per heavy atom. The fourth-order valence-electron chi connectivity index (χ4n) is 1.73. The van der Waals surface area contributed by atoms with Crippen LogP contribution in [-0.2, 0) is 4.79 Å². The van der Waals surface area contributed by atoms with Gasteiger partial charge in [0.1, 0.15) is 5.52 Å². The number of carbonyl (C=O) groups excluding carboxylic acids is 1. The lowest BCUT2D eigenvalue weighted by atomic mass is 10.2. The summed E-state index contributed by atoms with van der Waals surface area (Å²) < 4.78 is 5.60. The van der Waals surface area contributed by atoms with Crippen molar-refractivity contribution >= 4 is 22.7 Å². The Morgan fingerprint density at radius 2 is 2.26 bits per heavy atom. The highest BCUT2D eigenvalue weighted by Gasteiger charge is 2.10. The first-order chi connectivity index (χ1) is 9.10. The molecule has 2 aromatic rings. The topological polar surface area (TPSA) is 75.4 Å². The van der Waals surface area contributed by atoms with Gasteiger partial charge in [-0.05, 0) is 24.6 Å². The van der Waals surface area contributed by atoms with Gasteiger partial charge in [0.15, 0.2) is 11.5 Å². The van der Waals surface area contributed by atoms with Crippen molar-refractivity contribution in [1.29, 1.82) is 0 Å². The molecule has 0 aliphatic heterocycles. The van der Waals surface area contributed by atoms with E-state index in [9.17, 15) is 4.79 Å². The average molecular weight is 262 g/mol. The Kier molecular flexibility index (Phi) is 4.16. The maximum absolute atomic E-state index is 11.6. The molecule has 1 amide bonds. The largest absolute Gasteiger partial charge is 0.440 e. The van der Waals surface area contributed by atoms with Crippen molar-refractivity contribution in [2.24, 2.45) is 0 Å². The van der Waals surface area contributed by atoms with Gasteiger partial charge in [0.2, 0.25) is 5.91 Å². The summed E-state index contributed by atoms with van der Waals surface area (Å²) in [6, 6.07) is 5.38. The van der Waals surface area contributed by atoms with E-state index in [1.165, 1.54) is 0 Å². The summed E-state index contributed by atoms with van der Waals surface area (Å²) in [5, 5.41) is 11.5. The number of aliphatic hydroxyl groups is 1. The van der Waals surface area contributed by atoms with E-state index in [0.717, 1.165) is 11.1 Å². The summed E-state index contributed by atoms with van der Waals surface area (Å²) >= 11 is 0. The molecule has 0 atom stereocenters. The molecule has 5 heteroatoms. The lowest BCUT2D eigenvalue weighted by Gasteiger charge is -2.03. The Balaban J connectivity index is 2.14. The van der Waals surface area contributed by atoms with Crippen molar-refractivity contribution < 1.29 is 14.3 Å².